The fourth-order valence-electron chi connectivity index (χ4n) is 3.79. The Bertz CT molecular complexity index is 440. The van der Waals surface area contributed by atoms with Crippen LogP contribution < -0.4 is 0 Å². The van der Waals surface area contributed by atoms with E-state index in [4.69, 9.17) is 14.2 Å². The molecule has 0 radical (unpaired) electrons. The molecule has 3 aliphatic rings. The van der Waals surface area contributed by atoms with Gasteiger partial charge < -0.3 is 29.5 Å². The van der Waals surface area contributed by atoms with Gasteiger partial charge in [0.25, 0.3) is 0 Å². The second-order valence-electron chi connectivity index (χ2n) is 6.51. The Morgan fingerprint density at radius 1 is 1.23 bits per heavy atom. The molecular weight excluding hydrogens is 288 g/mol. The number of hydrogen-bond acceptors (Lipinski definition) is 6. The summed E-state index contributed by atoms with van der Waals surface area (Å²) >= 11 is 0. The summed E-state index contributed by atoms with van der Waals surface area (Å²) in [7, 11) is 0. The molecule has 3 aliphatic heterocycles. The van der Waals surface area contributed by atoms with Gasteiger partial charge in [-0.1, -0.05) is 20.4 Å². The zero-order chi connectivity index (χ0) is 16.1. The summed E-state index contributed by atoms with van der Waals surface area (Å²) in [5.41, 5.74) is 0.456. The first-order valence-corrected chi connectivity index (χ1v) is 8.18. The number of rotatable bonds is 4. The Morgan fingerprint density at radius 2 is 1.95 bits per heavy atom. The number of aliphatic hydroxyl groups is 3. The van der Waals surface area contributed by atoms with Gasteiger partial charge in [-0.3, -0.25) is 0 Å². The Hall–Kier alpha value is -0.500. The summed E-state index contributed by atoms with van der Waals surface area (Å²) in [5.74, 6) is -1.15. The first kappa shape index (κ1) is 16.4. The molecule has 0 amide bonds. The molecule has 3 heterocycles. The maximum absolute atomic E-state index is 10.5. The SMILES string of the molecule is C=C([C@@H](O)CC)C12CC[C@H](O1)C1O[C@@H](CC)[C@H](O)[C@H](O2)C1O. The van der Waals surface area contributed by atoms with Crippen LogP contribution in [0, 0.1) is 0 Å². The van der Waals surface area contributed by atoms with Crippen LogP contribution in [0.5, 0.6) is 0 Å². The third-order valence-electron chi connectivity index (χ3n) is 5.20. The highest BCUT2D eigenvalue weighted by atomic mass is 16.7. The third kappa shape index (κ3) is 2.33. The van der Waals surface area contributed by atoms with Crippen LogP contribution in [-0.4, -0.2) is 63.8 Å². The highest BCUT2D eigenvalue weighted by Crippen LogP contribution is 2.47. The molecule has 126 valence electrons. The zero-order valence-electron chi connectivity index (χ0n) is 13.1. The Balaban J connectivity index is 1.93. The maximum atomic E-state index is 10.5. The van der Waals surface area contributed by atoms with Crippen molar-refractivity contribution in [3.05, 3.63) is 12.2 Å². The summed E-state index contributed by atoms with van der Waals surface area (Å²) in [6, 6.07) is 0. The first-order chi connectivity index (χ1) is 10.4. The van der Waals surface area contributed by atoms with Crippen molar-refractivity contribution < 1.29 is 29.5 Å². The van der Waals surface area contributed by atoms with E-state index in [2.05, 4.69) is 6.58 Å². The average Bonchev–Trinajstić information content (AvgIpc) is 2.92. The molecule has 3 unspecified atom stereocenters. The van der Waals surface area contributed by atoms with Crippen LogP contribution in [0.2, 0.25) is 0 Å². The molecule has 6 heteroatoms. The Morgan fingerprint density at radius 3 is 2.59 bits per heavy atom. The third-order valence-corrected chi connectivity index (χ3v) is 5.20. The largest absolute Gasteiger partial charge is 0.389 e. The minimum absolute atomic E-state index is 0.317. The topological polar surface area (TPSA) is 88.4 Å². The summed E-state index contributed by atoms with van der Waals surface area (Å²) in [5, 5.41) is 31.1. The first-order valence-electron chi connectivity index (χ1n) is 8.18. The molecule has 3 N–H and O–H groups in total. The maximum Gasteiger partial charge on any atom is 0.194 e. The van der Waals surface area contributed by atoms with E-state index in [0.29, 0.717) is 31.3 Å². The molecule has 22 heavy (non-hydrogen) atoms. The van der Waals surface area contributed by atoms with Gasteiger partial charge in [0, 0.05) is 12.0 Å². The highest BCUT2D eigenvalue weighted by molar-refractivity contribution is 5.19. The van der Waals surface area contributed by atoms with Gasteiger partial charge in [0.15, 0.2) is 5.79 Å². The predicted octanol–water partition coefficient (Wildman–Crippen LogP) is 0.487. The van der Waals surface area contributed by atoms with Gasteiger partial charge in [-0.15, -0.1) is 0 Å². The van der Waals surface area contributed by atoms with Gasteiger partial charge in [0.1, 0.15) is 24.4 Å². The van der Waals surface area contributed by atoms with E-state index in [-0.39, 0.29) is 12.2 Å². The van der Waals surface area contributed by atoms with Gasteiger partial charge in [-0.25, -0.2) is 0 Å². The van der Waals surface area contributed by atoms with Crippen LogP contribution in [-0.2, 0) is 14.2 Å². The van der Waals surface area contributed by atoms with Gasteiger partial charge in [-0.05, 0) is 19.3 Å². The van der Waals surface area contributed by atoms with E-state index < -0.39 is 36.3 Å². The standard InChI is InChI=1S/C16H26O6/c1-4-9(17)8(3)16-7-6-11(21-16)14-13(19)15(22-16)12(18)10(5-2)20-14/h9-15,17-19H,3-7H2,1-2H3/t9-,10-,11-,12-,13?,14?,15-,16?/m0/s1. The minimum Gasteiger partial charge on any atom is -0.389 e. The van der Waals surface area contributed by atoms with E-state index in [1.165, 1.54) is 0 Å². The van der Waals surface area contributed by atoms with Crippen LogP contribution in [0.3, 0.4) is 0 Å². The van der Waals surface area contributed by atoms with Crippen LogP contribution >= 0.6 is 0 Å². The lowest BCUT2D eigenvalue weighted by Gasteiger charge is -2.44. The summed E-state index contributed by atoms with van der Waals surface area (Å²) in [6.07, 6.45) is -2.30. The molecule has 3 rings (SSSR count). The lowest BCUT2D eigenvalue weighted by Crippen LogP contribution is -2.61. The summed E-state index contributed by atoms with van der Waals surface area (Å²) in [6.45, 7) is 7.74. The van der Waals surface area contributed by atoms with E-state index >= 15 is 0 Å². The van der Waals surface area contributed by atoms with E-state index in [0.717, 1.165) is 0 Å². The smallest absolute Gasteiger partial charge is 0.194 e. The average molecular weight is 314 g/mol. The minimum atomic E-state index is -1.15. The second-order valence-corrected chi connectivity index (χ2v) is 6.51. The fourth-order valence-corrected chi connectivity index (χ4v) is 3.79. The van der Waals surface area contributed by atoms with Crippen molar-refractivity contribution in [2.45, 2.75) is 88.0 Å². The van der Waals surface area contributed by atoms with Crippen molar-refractivity contribution >= 4 is 0 Å². The molecule has 0 aliphatic carbocycles. The molecule has 3 fully saturated rings. The normalized spacial score (nSPS) is 48.8. The van der Waals surface area contributed by atoms with Gasteiger partial charge in [-0.2, -0.15) is 0 Å². The van der Waals surface area contributed by atoms with Crippen molar-refractivity contribution in [1.29, 1.82) is 0 Å². The van der Waals surface area contributed by atoms with Crippen molar-refractivity contribution in [2.24, 2.45) is 0 Å². The summed E-state index contributed by atoms with van der Waals surface area (Å²) in [4.78, 5) is 0. The van der Waals surface area contributed by atoms with Crippen molar-refractivity contribution in [3.8, 4) is 0 Å². The quantitative estimate of drug-likeness (QED) is 0.655. The van der Waals surface area contributed by atoms with Crippen molar-refractivity contribution in [3.63, 3.8) is 0 Å². The molecule has 0 spiro atoms. The second kappa shape index (κ2) is 5.85. The number of aliphatic hydroxyl groups excluding tert-OH is 3. The van der Waals surface area contributed by atoms with E-state index in [9.17, 15) is 15.3 Å². The van der Waals surface area contributed by atoms with E-state index in [1.54, 1.807) is 0 Å². The van der Waals surface area contributed by atoms with Gasteiger partial charge in [0.2, 0.25) is 0 Å². The van der Waals surface area contributed by atoms with Crippen LogP contribution in [0.1, 0.15) is 39.5 Å². The molecule has 0 saturated carbocycles. The lowest BCUT2D eigenvalue weighted by atomic mass is 9.87. The van der Waals surface area contributed by atoms with E-state index in [1.807, 2.05) is 13.8 Å². The molecule has 3 saturated heterocycles. The Kier molecular flexibility index (Phi) is 4.35. The van der Waals surface area contributed by atoms with Crippen molar-refractivity contribution in [1.82, 2.24) is 0 Å². The van der Waals surface area contributed by atoms with Gasteiger partial charge >= 0.3 is 0 Å². The monoisotopic (exact) mass is 314 g/mol. The van der Waals surface area contributed by atoms with Crippen LogP contribution in [0.15, 0.2) is 12.2 Å². The number of fused-ring (bicyclic) bond motifs is 5. The molecular formula is C16H26O6. The number of hydrogen-bond donors (Lipinski definition) is 3. The van der Waals surface area contributed by atoms with Gasteiger partial charge in [0.05, 0.1) is 18.3 Å². The fraction of sp³-hybridized carbons (Fsp3) is 0.875. The molecule has 8 atom stereocenters. The molecule has 4 bridgehead atoms. The highest BCUT2D eigenvalue weighted by Gasteiger charge is 2.59. The van der Waals surface area contributed by atoms with Crippen LogP contribution in [0.25, 0.3) is 0 Å². The molecule has 0 aromatic rings. The number of ether oxygens (including phenoxy) is 3. The zero-order valence-corrected chi connectivity index (χ0v) is 13.1. The molecule has 0 aromatic carbocycles. The Labute approximate surface area is 130 Å². The van der Waals surface area contributed by atoms with Crippen LogP contribution in [0.4, 0.5) is 0 Å². The summed E-state index contributed by atoms with van der Waals surface area (Å²) < 4.78 is 17.9. The molecule has 0 aromatic heterocycles. The predicted molar refractivity (Wildman–Crippen MR) is 78.1 cm³/mol. The molecule has 6 nitrogen and oxygen atoms in total. The lowest BCUT2D eigenvalue weighted by molar-refractivity contribution is -0.263. The van der Waals surface area contributed by atoms with Crippen molar-refractivity contribution in [2.75, 3.05) is 0 Å².